The summed E-state index contributed by atoms with van der Waals surface area (Å²) in [5, 5.41) is 1.90. The van der Waals surface area contributed by atoms with Gasteiger partial charge in [0.25, 0.3) is 0 Å². The van der Waals surface area contributed by atoms with Crippen molar-refractivity contribution >= 4 is 29.1 Å². The molecule has 0 saturated carbocycles. The minimum atomic E-state index is -0.193. The highest BCUT2D eigenvalue weighted by atomic mass is 32.2. The van der Waals surface area contributed by atoms with Crippen LogP contribution in [0.1, 0.15) is 15.2 Å². The molecule has 0 N–H and O–H groups in total. The Hall–Kier alpha value is -0.480. The topological polar surface area (TPSA) is 26.3 Å². The number of thioether (sulfide) groups is 1. The molecule has 0 atom stereocenters. The standard InChI is InChI=1S/C9H12O2S2/c1-7-3-5-13-8(7)9(10)11-4-6-12-2/h3,5H,4,6H2,1-2H3. The van der Waals surface area contributed by atoms with Crippen LogP contribution in [0.5, 0.6) is 0 Å². The number of hydrogen-bond donors (Lipinski definition) is 0. The molecule has 13 heavy (non-hydrogen) atoms. The molecule has 1 aromatic heterocycles. The number of esters is 1. The fourth-order valence-electron chi connectivity index (χ4n) is 0.865. The average Bonchev–Trinajstić information content (AvgIpc) is 2.52. The van der Waals surface area contributed by atoms with Crippen molar-refractivity contribution in [2.45, 2.75) is 6.92 Å². The second-order valence-electron chi connectivity index (χ2n) is 2.56. The Balaban J connectivity index is 2.45. The van der Waals surface area contributed by atoms with Gasteiger partial charge < -0.3 is 4.74 Å². The quantitative estimate of drug-likeness (QED) is 0.571. The average molecular weight is 216 g/mol. The van der Waals surface area contributed by atoms with Gasteiger partial charge in [-0.3, -0.25) is 0 Å². The summed E-state index contributed by atoms with van der Waals surface area (Å²) in [5.41, 5.74) is 0.999. The van der Waals surface area contributed by atoms with Gasteiger partial charge in [0.1, 0.15) is 11.5 Å². The van der Waals surface area contributed by atoms with Crippen LogP contribution < -0.4 is 0 Å². The lowest BCUT2D eigenvalue weighted by Gasteiger charge is -2.01. The molecule has 0 aromatic carbocycles. The van der Waals surface area contributed by atoms with Crippen LogP contribution in [0.2, 0.25) is 0 Å². The van der Waals surface area contributed by atoms with E-state index in [4.69, 9.17) is 4.74 Å². The lowest BCUT2D eigenvalue weighted by molar-refractivity contribution is 0.0535. The number of rotatable bonds is 4. The van der Waals surface area contributed by atoms with Gasteiger partial charge in [-0.1, -0.05) is 0 Å². The zero-order chi connectivity index (χ0) is 9.68. The van der Waals surface area contributed by atoms with E-state index in [2.05, 4.69) is 0 Å². The molecule has 0 fully saturated rings. The van der Waals surface area contributed by atoms with E-state index in [1.54, 1.807) is 11.8 Å². The van der Waals surface area contributed by atoms with E-state index in [1.807, 2.05) is 24.6 Å². The van der Waals surface area contributed by atoms with E-state index in [0.29, 0.717) is 6.61 Å². The third-order valence-electron chi connectivity index (χ3n) is 1.57. The van der Waals surface area contributed by atoms with Crippen molar-refractivity contribution in [2.24, 2.45) is 0 Å². The molecule has 1 aromatic rings. The van der Waals surface area contributed by atoms with Gasteiger partial charge in [0.15, 0.2) is 0 Å². The van der Waals surface area contributed by atoms with E-state index < -0.39 is 0 Å². The van der Waals surface area contributed by atoms with Crippen molar-refractivity contribution < 1.29 is 9.53 Å². The van der Waals surface area contributed by atoms with Crippen molar-refractivity contribution in [2.75, 3.05) is 18.6 Å². The summed E-state index contributed by atoms with van der Waals surface area (Å²) in [6.07, 6.45) is 1.99. The molecule has 1 heterocycles. The van der Waals surface area contributed by atoms with Crippen LogP contribution in [0, 0.1) is 6.92 Å². The van der Waals surface area contributed by atoms with Crippen LogP contribution in [0.25, 0.3) is 0 Å². The first-order chi connectivity index (χ1) is 6.25. The molecule has 0 aliphatic rings. The molecule has 0 saturated heterocycles. The minimum absolute atomic E-state index is 0.193. The summed E-state index contributed by atoms with van der Waals surface area (Å²) < 4.78 is 5.06. The van der Waals surface area contributed by atoms with Crippen molar-refractivity contribution in [3.8, 4) is 0 Å². The van der Waals surface area contributed by atoms with Gasteiger partial charge >= 0.3 is 5.97 Å². The van der Waals surface area contributed by atoms with Crippen LogP contribution in [0.4, 0.5) is 0 Å². The maximum atomic E-state index is 11.4. The number of carbonyl (C=O) groups is 1. The minimum Gasteiger partial charge on any atom is -0.461 e. The lowest BCUT2D eigenvalue weighted by atomic mass is 10.3. The number of ether oxygens (including phenoxy) is 1. The molecule has 0 unspecified atom stereocenters. The number of aryl methyl sites for hydroxylation is 1. The first-order valence-corrected chi connectivity index (χ1v) is 6.23. The molecule has 0 aliphatic carbocycles. The summed E-state index contributed by atoms with van der Waals surface area (Å²) in [7, 11) is 0. The van der Waals surface area contributed by atoms with E-state index in [1.165, 1.54) is 11.3 Å². The van der Waals surface area contributed by atoms with Gasteiger partial charge in [-0.15, -0.1) is 11.3 Å². The summed E-state index contributed by atoms with van der Waals surface area (Å²) >= 11 is 3.11. The Morgan fingerprint density at radius 1 is 1.69 bits per heavy atom. The highest BCUT2D eigenvalue weighted by Gasteiger charge is 2.10. The smallest absolute Gasteiger partial charge is 0.348 e. The fraction of sp³-hybridized carbons (Fsp3) is 0.444. The SMILES string of the molecule is CSCCOC(=O)c1sccc1C. The van der Waals surface area contributed by atoms with Crippen LogP contribution in [-0.2, 0) is 4.74 Å². The largest absolute Gasteiger partial charge is 0.461 e. The normalized spacial score (nSPS) is 10.0. The lowest BCUT2D eigenvalue weighted by Crippen LogP contribution is -2.07. The Morgan fingerprint density at radius 3 is 3.00 bits per heavy atom. The second-order valence-corrected chi connectivity index (χ2v) is 4.46. The third-order valence-corrected chi connectivity index (χ3v) is 3.14. The van der Waals surface area contributed by atoms with Gasteiger partial charge in [0, 0.05) is 5.75 Å². The van der Waals surface area contributed by atoms with Gasteiger partial charge in [-0.05, 0) is 30.2 Å². The third kappa shape index (κ3) is 3.04. The van der Waals surface area contributed by atoms with E-state index >= 15 is 0 Å². The number of thiophene rings is 1. The van der Waals surface area contributed by atoms with Crippen molar-refractivity contribution in [3.05, 3.63) is 21.9 Å². The molecule has 1 rings (SSSR count). The van der Waals surface area contributed by atoms with Crippen LogP contribution >= 0.6 is 23.1 Å². The summed E-state index contributed by atoms with van der Waals surface area (Å²) in [5.74, 6) is 0.664. The maximum absolute atomic E-state index is 11.4. The Morgan fingerprint density at radius 2 is 2.46 bits per heavy atom. The molecule has 0 aliphatic heterocycles. The summed E-state index contributed by atoms with van der Waals surface area (Å²) in [6.45, 7) is 2.42. The zero-order valence-corrected chi connectivity index (χ0v) is 9.33. The molecular formula is C9H12O2S2. The molecule has 0 radical (unpaired) electrons. The summed E-state index contributed by atoms with van der Waals surface area (Å²) in [4.78, 5) is 12.1. The van der Waals surface area contributed by atoms with Gasteiger partial charge in [0.05, 0.1) is 0 Å². The van der Waals surface area contributed by atoms with E-state index in [0.717, 1.165) is 16.2 Å². The van der Waals surface area contributed by atoms with Gasteiger partial charge in [0.2, 0.25) is 0 Å². The molecule has 2 nitrogen and oxygen atoms in total. The molecular weight excluding hydrogens is 204 g/mol. The molecule has 4 heteroatoms. The Bertz CT molecular complexity index is 281. The number of carbonyl (C=O) groups excluding carboxylic acids is 1. The summed E-state index contributed by atoms with van der Waals surface area (Å²) in [6, 6.07) is 1.93. The molecule has 0 spiro atoms. The van der Waals surface area contributed by atoms with Gasteiger partial charge in [-0.2, -0.15) is 11.8 Å². The van der Waals surface area contributed by atoms with Crippen molar-refractivity contribution in [1.82, 2.24) is 0 Å². The zero-order valence-electron chi connectivity index (χ0n) is 7.70. The van der Waals surface area contributed by atoms with E-state index in [-0.39, 0.29) is 5.97 Å². The highest BCUT2D eigenvalue weighted by molar-refractivity contribution is 7.98. The maximum Gasteiger partial charge on any atom is 0.348 e. The van der Waals surface area contributed by atoms with E-state index in [9.17, 15) is 4.79 Å². The van der Waals surface area contributed by atoms with Crippen LogP contribution in [0.15, 0.2) is 11.4 Å². The Labute approximate surface area is 86.3 Å². The highest BCUT2D eigenvalue weighted by Crippen LogP contribution is 2.16. The van der Waals surface area contributed by atoms with Crippen molar-refractivity contribution in [3.63, 3.8) is 0 Å². The predicted octanol–water partition coefficient (Wildman–Crippen LogP) is 2.58. The Kier molecular flexibility index (Phi) is 4.32. The van der Waals surface area contributed by atoms with Gasteiger partial charge in [-0.25, -0.2) is 4.79 Å². The first kappa shape index (κ1) is 10.6. The molecule has 0 bridgehead atoms. The first-order valence-electron chi connectivity index (χ1n) is 3.96. The molecule has 0 amide bonds. The van der Waals surface area contributed by atoms with Crippen LogP contribution in [0.3, 0.4) is 0 Å². The van der Waals surface area contributed by atoms with Crippen LogP contribution in [-0.4, -0.2) is 24.6 Å². The predicted molar refractivity (Wildman–Crippen MR) is 57.7 cm³/mol. The monoisotopic (exact) mass is 216 g/mol. The second kappa shape index (κ2) is 5.29. The molecule has 72 valence electrons. The number of hydrogen-bond acceptors (Lipinski definition) is 4. The fourth-order valence-corrected chi connectivity index (χ4v) is 1.93. The van der Waals surface area contributed by atoms with Crippen molar-refractivity contribution in [1.29, 1.82) is 0 Å².